The summed E-state index contributed by atoms with van der Waals surface area (Å²) in [4.78, 5) is 32.1. The Bertz CT molecular complexity index is 1370. The van der Waals surface area contributed by atoms with Crippen LogP contribution in [0.25, 0.3) is 17.1 Å². The van der Waals surface area contributed by atoms with Crippen molar-refractivity contribution in [3.63, 3.8) is 0 Å². The van der Waals surface area contributed by atoms with Gasteiger partial charge >= 0.3 is 0 Å². The summed E-state index contributed by atoms with van der Waals surface area (Å²) in [7, 11) is 0. The van der Waals surface area contributed by atoms with Gasteiger partial charge in [-0.15, -0.1) is 10.2 Å². The van der Waals surface area contributed by atoms with Gasteiger partial charge in [-0.1, -0.05) is 42.1 Å². The first-order valence-electron chi connectivity index (χ1n) is 11.8. The first kappa shape index (κ1) is 23.7. The van der Waals surface area contributed by atoms with Crippen LogP contribution in [0.4, 0.5) is 5.69 Å². The van der Waals surface area contributed by atoms with E-state index in [0.717, 1.165) is 42.7 Å². The number of amides is 2. The second-order valence-corrected chi connectivity index (χ2v) is 9.49. The molecular weight excluding hydrogens is 472 g/mol. The van der Waals surface area contributed by atoms with Crippen LogP contribution in [-0.2, 0) is 4.79 Å². The van der Waals surface area contributed by atoms with Crippen molar-refractivity contribution >= 4 is 29.3 Å². The van der Waals surface area contributed by atoms with E-state index in [1.54, 1.807) is 18.5 Å². The van der Waals surface area contributed by atoms with Crippen LogP contribution < -0.4 is 5.32 Å². The Balaban J connectivity index is 1.36. The van der Waals surface area contributed by atoms with Crippen LogP contribution in [0.1, 0.15) is 28.8 Å². The molecule has 0 unspecified atom stereocenters. The molecule has 5 rings (SSSR count). The highest BCUT2D eigenvalue weighted by Gasteiger charge is 2.24. The van der Waals surface area contributed by atoms with Gasteiger partial charge in [-0.2, -0.15) is 0 Å². The lowest BCUT2D eigenvalue weighted by atomic mass is 10.1. The van der Waals surface area contributed by atoms with Crippen molar-refractivity contribution in [2.75, 3.05) is 24.2 Å². The van der Waals surface area contributed by atoms with Gasteiger partial charge in [0, 0.05) is 36.7 Å². The van der Waals surface area contributed by atoms with E-state index in [1.807, 2.05) is 71.0 Å². The summed E-state index contributed by atoms with van der Waals surface area (Å²) in [5.41, 5.74) is 3.67. The minimum absolute atomic E-state index is 0.0379. The minimum atomic E-state index is -0.213. The molecule has 0 bridgehead atoms. The summed E-state index contributed by atoms with van der Waals surface area (Å²) in [6, 6.07) is 19.1. The molecule has 1 aliphatic rings. The van der Waals surface area contributed by atoms with Gasteiger partial charge < -0.3 is 10.2 Å². The maximum absolute atomic E-state index is 13.1. The molecule has 182 valence electrons. The van der Waals surface area contributed by atoms with Gasteiger partial charge in [0.25, 0.3) is 5.91 Å². The maximum atomic E-state index is 13.1. The number of hydrogen-bond donors (Lipinski definition) is 1. The molecule has 2 aromatic carbocycles. The highest BCUT2D eigenvalue weighted by Crippen LogP contribution is 2.28. The number of para-hydroxylation sites is 2. The smallest absolute Gasteiger partial charge is 0.255 e. The van der Waals surface area contributed by atoms with Gasteiger partial charge in [-0.3, -0.25) is 19.1 Å². The molecule has 1 N–H and O–H groups in total. The largest absolute Gasteiger partial charge is 0.339 e. The Morgan fingerprint density at radius 3 is 2.53 bits per heavy atom. The maximum Gasteiger partial charge on any atom is 0.255 e. The number of rotatable bonds is 7. The predicted octanol–water partition coefficient (Wildman–Crippen LogP) is 4.60. The van der Waals surface area contributed by atoms with Crippen molar-refractivity contribution in [3.05, 3.63) is 84.2 Å². The number of thioether (sulfide) groups is 1. The molecule has 0 radical (unpaired) electrons. The summed E-state index contributed by atoms with van der Waals surface area (Å²) >= 11 is 1.29. The fourth-order valence-corrected chi connectivity index (χ4v) is 5.02. The number of nitrogens with zero attached hydrogens (tertiary/aromatic N) is 5. The van der Waals surface area contributed by atoms with Crippen LogP contribution in [0.15, 0.2) is 78.2 Å². The lowest BCUT2D eigenvalue weighted by Gasteiger charge is -2.19. The van der Waals surface area contributed by atoms with E-state index >= 15 is 0 Å². The number of anilines is 1. The molecule has 0 aliphatic carbocycles. The molecular formula is C27H26N6O2S. The first-order chi connectivity index (χ1) is 17.6. The third-order valence-electron chi connectivity index (χ3n) is 6.06. The molecule has 2 amide bonds. The van der Waals surface area contributed by atoms with Gasteiger partial charge in [-0.05, 0) is 55.7 Å². The van der Waals surface area contributed by atoms with E-state index in [2.05, 4.69) is 20.5 Å². The average Bonchev–Trinajstić information content (AvgIpc) is 3.60. The average molecular weight is 499 g/mol. The van der Waals surface area contributed by atoms with E-state index in [-0.39, 0.29) is 17.6 Å². The summed E-state index contributed by atoms with van der Waals surface area (Å²) in [5, 5.41) is 12.3. The van der Waals surface area contributed by atoms with Gasteiger partial charge in [0.2, 0.25) is 5.91 Å². The molecule has 3 heterocycles. The Labute approximate surface area is 213 Å². The van der Waals surface area contributed by atoms with Gasteiger partial charge in [-0.25, -0.2) is 0 Å². The summed E-state index contributed by atoms with van der Waals surface area (Å²) in [6.45, 7) is 3.41. The SMILES string of the molecule is Cc1cccc(C(=O)N2CCCC2)c1NC(=O)CSc1nnc(-c2cccnc2)n1-c1ccccc1. The molecule has 0 saturated carbocycles. The molecule has 1 fully saturated rings. The number of benzene rings is 2. The highest BCUT2D eigenvalue weighted by atomic mass is 32.2. The fourth-order valence-electron chi connectivity index (χ4n) is 4.26. The molecule has 1 saturated heterocycles. The van der Waals surface area contributed by atoms with E-state index in [4.69, 9.17) is 0 Å². The minimum Gasteiger partial charge on any atom is -0.339 e. The Hall–Kier alpha value is -3.98. The normalized spacial score (nSPS) is 13.1. The highest BCUT2D eigenvalue weighted by molar-refractivity contribution is 7.99. The number of carbonyl (C=O) groups is 2. The summed E-state index contributed by atoms with van der Waals surface area (Å²) in [5.74, 6) is 0.512. The van der Waals surface area contributed by atoms with Crippen molar-refractivity contribution in [3.8, 4) is 17.1 Å². The van der Waals surface area contributed by atoms with Gasteiger partial charge in [0.1, 0.15) is 0 Å². The summed E-state index contributed by atoms with van der Waals surface area (Å²) in [6.07, 6.45) is 5.47. The van der Waals surface area contributed by atoms with Crippen molar-refractivity contribution in [2.24, 2.45) is 0 Å². The molecule has 8 nitrogen and oxygen atoms in total. The Morgan fingerprint density at radius 1 is 0.972 bits per heavy atom. The molecule has 9 heteroatoms. The zero-order valence-electron chi connectivity index (χ0n) is 19.9. The van der Waals surface area contributed by atoms with Crippen LogP contribution in [0.2, 0.25) is 0 Å². The number of nitrogens with one attached hydrogen (secondary N) is 1. The standard InChI is InChI=1S/C27H26N6O2S/c1-19-9-7-13-22(26(35)32-15-5-6-16-32)24(19)29-23(34)18-36-27-31-30-25(20-10-8-14-28-17-20)33(27)21-11-3-2-4-12-21/h2-4,7-14,17H,5-6,15-16,18H2,1H3,(H,29,34). The van der Waals surface area contributed by atoms with Gasteiger partial charge in [0.15, 0.2) is 11.0 Å². The molecule has 1 aliphatic heterocycles. The van der Waals surface area contributed by atoms with Crippen LogP contribution in [-0.4, -0.2) is 55.3 Å². The van der Waals surface area contributed by atoms with E-state index < -0.39 is 0 Å². The predicted molar refractivity (Wildman–Crippen MR) is 140 cm³/mol. The van der Waals surface area contributed by atoms with Crippen molar-refractivity contribution in [1.82, 2.24) is 24.6 Å². The van der Waals surface area contributed by atoms with E-state index in [9.17, 15) is 9.59 Å². The molecule has 4 aromatic rings. The van der Waals surface area contributed by atoms with Crippen molar-refractivity contribution in [2.45, 2.75) is 24.9 Å². The third-order valence-corrected chi connectivity index (χ3v) is 6.99. The first-order valence-corrected chi connectivity index (χ1v) is 12.8. The lowest BCUT2D eigenvalue weighted by molar-refractivity contribution is -0.113. The monoisotopic (exact) mass is 498 g/mol. The molecule has 2 aromatic heterocycles. The lowest BCUT2D eigenvalue weighted by Crippen LogP contribution is -2.29. The second kappa shape index (κ2) is 10.7. The summed E-state index contributed by atoms with van der Waals surface area (Å²) < 4.78 is 1.92. The zero-order valence-corrected chi connectivity index (χ0v) is 20.7. The molecule has 0 atom stereocenters. The number of likely N-dealkylation sites (tertiary alicyclic amines) is 1. The number of hydrogen-bond acceptors (Lipinski definition) is 6. The Morgan fingerprint density at radius 2 is 1.78 bits per heavy atom. The zero-order chi connectivity index (χ0) is 24.9. The molecule has 36 heavy (non-hydrogen) atoms. The fraction of sp³-hybridized carbons (Fsp3) is 0.222. The topological polar surface area (TPSA) is 93.0 Å². The quantitative estimate of drug-likeness (QED) is 0.374. The van der Waals surface area contributed by atoms with Crippen molar-refractivity contribution < 1.29 is 9.59 Å². The van der Waals surface area contributed by atoms with Gasteiger partial charge in [0.05, 0.1) is 17.0 Å². The van der Waals surface area contributed by atoms with Crippen LogP contribution in [0, 0.1) is 6.92 Å². The van der Waals surface area contributed by atoms with Crippen molar-refractivity contribution in [1.29, 1.82) is 0 Å². The second-order valence-electron chi connectivity index (χ2n) is 8.55. The van der Waals surface area contributed by atoms with E-state index in [1.165, 1.54) is 11.8 Å². The number of aromatic nitrogens is 4. The third kappa shape index (κ3) is 5.01. The molecule has 0 spiro atoms. The van der Waals surface area contributed by atoms with Crippen LogP contribution in [0.5, 0.6) is 0 Å². The number of carbonyl (C=O) groups excluding carboxylic acids is 2. The van der Waals surface area contributed by atoms with Crippen LogP contribution >= 0.6 is 11.8 Å². The van der Waals surface area contributed by atoms with E-state index in [0.29, 0.717) is 22.2 Å². The number of aryl methyl sites for hydroxylation is 1. The number of pyridine rings is 1. The Kier molecular flexibility index (Phi) is 7.08. The van der Waals surface area contributed by atoms with Crippen LogP contribution in [0.3, 0.4) is 0 Å².